The Morgan fingerprint density at radius 3 is 2.71 bits per heavy atom. The Morgan fingerprint density at radius 1 is 1.11 bits per heavy atom. The van der Waals surface area contributed by atoms with Crippen LogP contribution in [0.2, 0.25) is 0 Å². The quantitative estimate of drug-likeness (QED) is 0.497. The Kier molecular flexibility index (Phi) is 6.87. The fourth-order valence-corrected chi connectivity index (χ4v) is 10.6. The average Bonchev–Trinajstić information content (AvgIpc) is 3.49. The summed E-state index contributed by atoms with van der Waals surface area (Å²) in [5, 5.41) is 22.2. The number of hydrogen-bond donors (Lipinski definition) is 2. The highest BCUT2D eigenvalue weighted by Crippen LogP contribution is 2.68. The van der Waals surface area contributed by atoms with E-state index in [0.29, 0.717) is 41.9 Å². The second kappa shape index (κ2) is 9.80. The highest BCUT2D eigenvalue weighted by Gasteiger charge is 2.63. The fraction of sp³-hybridized carbons (Fsp3) is 0.788. The zero-order valence-electron chi connectivity index (χ0n) is 24.0. The molecule has 4 aliphatic carbocycles. The molecule has 6 rings (SSSR count). The number of aliphatic hydroxyl groups excluding tert-OH is 2. The van der Waals surface area contributed by atoms with Gasteiger partial charge in [-0.15, -0.1) is 0 Å². The van der Waals surface area contributed by atoms with Gasteiger partial charge in [-0.25, -0.2) is 0 Å². The lowest BCUT2D eigenvalue weighted by Gasteiger charge is -2.62. The zero-order chi connectivity index (χ0) is 26.8. The second-order valence-electron chi connectivity index (χ2n) is 14.2. The topological polar surface area (TPSA) is 70.0 Å². The van der Waals surface area contributed by atoms with Crippen LogP contribution < -0.4 is 9.64 Å². The highest BCUT2D eigenvalue weighted by molar-refractivity contribution is 5.95. The molecule has 4 saturated carbocycles. The lowest BCUT2D eigenvalue weighted by atomic mass is 9.43. The maximum absolute atomic E-state index is 13.4. The molecule has 0 unspecified atom stereocenters. The minimum atomic E-state index is -0.264. The number of carbonyl (C=O) groups excluding carboxylic acids is 1. The minimum Gasteiger partial charge on any atom is -0.497 e. The largest absolute Gasteiger partial charge is 0.497 e. The number of anilines is 1. The van der Waals surface area contributed by atoms with E-state index in [0.717, 1.165) is 56.5 Å². The van der Waals surface area contributed by atoms with Crippen LogP contribution in [0.1, 0.15) is 90.5 Å². The zero-order valence-corrected chi connectivity index (χ0v) is 24.0. The Hall–Kier alpha value is -1.59. The van der Waals surface area contributed by atoms with Crippen molar-refractivity contribution in [1.82, 2.24) is 0 Å². The van der Waals surface area contributed by atoms with E-state index in [2.05, 4.69) is 26.8 Å². The summed E-state index contributed by atoms with van der Waals surface area (Å²) in [7, 11) is 1.67. The van der Waals surface area contributed by atoms with Gasteiger partial charge in [0, 0.05) is 19.0 Å². The van der Waals surface area contributed by atoms with Crippen molar-refractivity contribution in [1.29, 1.82) is 0 Å². The van der Waals surface area contributed by atoms with Crippen LogP contribution in [0.15, 0.2) is 18.2 Å². The van der Waals surface area contributed by atoms with E-state index >= 15 is 0 Å². The predicted molar refractivity (Wildman–Crippen MR) is 150 cm³/mol. The van der Waals surface area contributed by atoms with Crippen LogP contribution in [0.25, 0.3) is 0 Å². The van der Waals surface area contributed by atoms with Gasteiger partial charge < -0.3 is 19.8 Å². The van der Waals surface area contributed by atoms with Crippen LogP contribution in [-0.4, -0.2) is 42.0 Å². The van der Waals surface area contributed by atoms with Crippen molar-refractivity contribution < 1.29 is 19.7 Å². The molecule has 10 atom stereocenters. The van der Waals surface area contributed by atoms with Gasteiger partial charge in [0.25, 0.3) is 0 Å². The van der Waals surface area contributed by atoms with Gasteiger partial charge in [-0.3, -0.25) is 4.79 Å². The third kappa shape index (κ3) is 4.05. The minimum absolute atomic E-state index is 0.0470. The summed E-state index contributed by atoms with van der Waals surface area (Å²) in [5.41, 5.74) is 2.47. The van der Waals surface area contributed by atoms with E-state index in [1.54, 1.807) is 7.11 Å². The van der Waals surface area contributed by atoms with Crippen molar-refractivity contribution in [2.75, 3.05) is 18.6 Å². The second-order valence-corrected chi connectivity index (χ2v) is 14.2. The first-order chi connectivity index (χ1) is 18.2. The van der Waals surface area contributed by atoms with Crippen molar-refractivity contribution in [3.8, 4) is 5.75 Å². The summed E-state index contributed by atoms with van der Waals surface area (Å²) in [4.78, 5) is 15.3. The molecule has 1 aromatic carbocycles. The molecular weight excluding hydrogens is 474 g/mol. The molecule has 0 saturated heterocycles. The van der Waals surface area contributed by atoms with Gasteiger partial charge in [-0.2, -0.15) is 0 Å². The number of nitrogens with zero attached hydrogens (tertiary/aromatic N) is 1. The van der Waals surface area contributed by atoms with E-state index in [-0.39, 0.29) is 28.9 Å². The number of benzene rings is 1. The summed E-state index contributed by atoms with van der Waals surface area (Å²) in [6.07, 6.45) is 10.8. The highest BCUT2D eigenvalue weighted by atomic mass is 16.5. The molecule has 5 nitrogen and oxygen atoms in total. The standard InChI is InChI=1S/C33H49NO4/c1-20(5-12-31(37)34-16-14-21-6-8-24(38-4)18-29(21)34)26-10-11-27-25-9-7-22-17-23(35)13-15-32(22,2)28(25)19-30(36)33(26,27)3/h6,8,18,20,22-23,25-28,30,35-36H,5,7,9-17,19H2,1-4H3/t20-,22-,23-,25+,26-,27+,28+,30+,32+,33-/m1/s1. The Labute approximate surface area is 229 Å². The molecule has 5 heteroatoms. The predicted octanol–water partition coefficient (Wildman–Crippen LogP) is 5.99. The van der Waals surface area contributed by atoms with Crippen LogP contribution in [0.3, 0.4) is 0 Å². The first-order valence-electron chi connectivity index (χ1n) is 15.5. The molecule has 0 aromatic heterocycles. The lowest BCUT2D eigenvalue weighted by Crippen LogP contribution is -2.58. The van der Waals surface area contributed by atoms with Crippen molar-refractivity contribution >= 4 is 11.6 Å². The van der Waals surface area contributed by atoms with Gasteiger partial charge in [0.1, 0.15) is 5.75 Å². The first kappa shape index (κ1) is 26.6. The number of carbonyl (C=O) groups is 1. The fourth-order valence-electron chi connectivity index (χ4n) is 10.6. The molecule has 210 valence electrons. The lowest BCUT2D eigenvalue weighted by molar-refractivity contribution is -0.174. The Bertz CT molecular complexity index is 1060. The molecule has 5 aliphatic rings. The number of fused-ring (bicyclic) bond motifs is 6. The van der Waals surface area contributed by atoms with Gasteiger partial charge >= 0.3 is 0 Å². The SMILES string of the molecule is COc1ccc2c(c1)N(C(=O)CC[C@@H](C)[C@H]1CC[C@H]3[C@@H]4CC[C@@H]5C[C@H](O)CC[C@]5(C)[C@H]4C[C@H](O)[C@]13C)CC2. The number of ether oxygens (including phenoxy) is 1. The number of aliphatic hydroxyl groups is 2. The van der Waals surface area contributed by atoms with Gasteiger partial charge in [-0.1, -0.05) is 26.8 Å². The Balaban J connectivity index is 1.13. The van der Waals surface area contributed by atoms with Crippen LogP contribution in [0.5, 0.6) is 5.75 Å². The molecular formula is C33H49NO4. The first-order valence-corrected chi connectivity index (χ1v) is 15.5. The summed E-state index contributed by atoms with van der Waals surface area (Å²) >= 11 is 0. The van der Waals surface area contributed by atoms with Crippen molar-refractivity contribution in [2.24, 2.45) is 46.3 Å². The van der Waals surface area contributed by atoms with Crippen LogP contribution in [-0.2, 0) is 11.2 Å². The van der Waals surface area contributed by atoms with Crippen LogP contribution in [0, 0.1) is 46.3 Å². The molecule has 0 bridgehead atoms. The summed E-state index contributed by atoms with van der Waals surface area (Å²) in [6.45, 7) is 7.99. The third-order valence-electron chi connectivity index (χ3n) is 12.8. The van der Waals surface area contributed by atoms with Crippen molar-refractivity contribution in [3.05, 3.63) is 23.8 Å². The van der Waals surface area contributed by atoms with E-state index in [1.165, 1.54) is 31.2 Å². The van der Waals surface area contributed by atoms with E-state index in [9.17, 15) is 15.0 Å². The molecule has 1 aliphatic heterocycles. The molecule has 0 radical (unpaired) electrons. The van der Waals surface area contributed by atoms with Crippen molar-refractivity contribution in [2.45, 2.75) is 104 Å². The molecule has 4 fully saturated rings. The summed E-state index contributed by atoms with van der Waals surface area (Å²) in [6, 6.07) is 6.07. The van der Waals surface area contributed by atoms with Gasteiger partial charge in [-0.05, 0) is 122 Å². The molecule has 1 amide bonds. The maximum atomic E-state index is 13.4. The van der Waals surface area contributed by atoms with E-state index in [4.69, 9.17) is 4.74 Å². The molecule has 2 N–H and O–H groups in total. The average molecular weight is 524 g/mol. The summed E-state index contributed by atoms with van der Waals surface area (Å²) in [5.74, 6) is 4.41. The van der Waals surface area contributed by atoms with Crippen LogP contribution >= 0.6 is 0 Å². The van der Waals surface area contributed by atoms with Gasteiger partial charge in [0.05, 0.1) is 25.0 Å². The van der Waals surface area contributed by atoms with Crippen LogP contribution in [0.4, 0.5) is 5.69 Å². The van der Waals surface area contributed by atoms with Gasteiger partial charge in [0.15, 0.2) is 0 Å². The number of rotatable bonds is 5. The molecule has 1 heterocycles. The monoisotopic (exact) mass is 523 g/mol. The number of hydrogen-bond acceptors (Lipinski definition) is 4. The van der Waals surface area contributed by atoms with E-state index in [1.807, 2.05) is 17.0 Å². The Morgan fingerprint density at radius 2 is 1.92 bits per heavy atom. The number of methoxy groups -OCH3 is 1. The third-order valence-corrected chi connectivity index (χ3v) is 12.8. The molecule has 38 heavy (non-hydrogen) atoms. The number of amides is 1. The van der Waals surface area contributed by atoms with Crippen molar-refractivity contribution in [3.63, 3.8) is 0 Å². The van der Waals surface area contributed by atoms with Gasteiger partial charge in [0.2, 0.25) is 5.91 Å². The van der Waals surface area contributed by atoms with E-state index < -0.39 is 0 Å². The normalized spacial score (nSPS) is 42.6. The summed E-state index contributed by atoms with van der Waals surface area (Å²) < 4.78 is 5.41. The molecule has 0 spiro atoms. The molecule has 1 aromatic rings. The smallest absolute Gasteiger partial charge is 0.227 e. The maximum Gasteiger partial charge on any atom is 0.227 e.